The highest BCUT2D eigenvalue weighted by atomic mass is 35.5. The van der Waals surface area contributed by atoms with Crippen molar-refractivity contribution in [1.29, 1.82) is 0 Å². The summed E-state index contributed by atoms with van der Waals surface area (Å²) in [5.74, 6) is -1.12. The molecule has 0 unspecified atom stereocenters. The number of hydrogen-bond donors (Lipinski definition) is 2. The molecule has 0 bridgehead atoms. The monoisotopic (exact) mass is 217 g/mol. The lowest BCUT2D eigenvalue weighted by Crippen LogP contribution is -2.10. The van der Waals surface area contributed by atoms with Crippen LogP contribution < -0.4 is 5.73 Å². The van der Waals surface area contributed by atoms with E-state index in [0.717, 1.165) is 12.5 Å². The predicted molar refractivity (Wildman–Crippen MR) is 54.9 cm³/mol. The molecule has 0 aromatic heterocycles. The summed E-state index contributed by atoms with van der Waals surface area (Å²) in [6.07, 6.45) is 1.56. The Labute approximate surface area is 87.5 Å². The van der Waals surface area contributed by atoms with E-state index in [2.05, 4.69) is 0 Å². The van der Waals surface area contributed by atoms with Crippen LogP contribution in [0.15, 0.2) is 12.1 Å². The molecule has 3 N–H and O–H groups in total. The third kappa shape index (κ3) is 2.36. The molecule has 1 aromatic rings. The van der Waals surface area contributed by atoms with Crippen LogP contribution in [0.1, 0.15) is 31.4 Å². The third-order valence-corrected chi connectivity index (χ3v) is 2.28. The number of halogens is 2. The molecule has 78 valence electrons. The van der Waals surface area contributed by atoms with E-state index in [-0.39, 0.29) is 11.1 Å². The molecule has 0 saturated heterocycles. The number of aromatic hydroxyl groups is 1. The van der Waals surface area contributed by atoms with Crippen LogP contribution in [0.3, 0.4) is 0 Å². The van der Waals surface area contributed by atoms with E-state index in [9.17, 15) is 9.50 Å². The van der Waals surface area contributed by atoms with Gasteiger partial charge in [0.15, 0.2) is 11.6 Å². The van der Waals surface area contributed by atoms with Crippen molar-refractivity contribution < 1.29 is 9.50 Å². The second-order valence-corrected chi connectivity index (χ2v) is 3.66. The molecule has 14 heavy (non-hydrogen) atoms. The van der Waals surface area contributed by atoms with Crippen LogP contribution in [0.2, 0.25) is 5.02 Å². The molecule has 0 radical (unpaired) electrons. The summed E-state index contributed by atoms with van der Waals surface area (Å²) in [6, 6.07) is 2.20. The summed E-state index contributed by atoms with van der Waals surface area (Å²) in [6.45, 7) is 1.97. The minimum Gasteiger partial charge on any atom is -0.505 e. The van der Waals surface area contributed by atoms with Gasteiger partial charge in [-0.2, -0.15) is 0 Å². The predicted octanol–water partition coefficient (Wildman–Crippen LogP) is 2.98. The van der Waals surface area contributed by atoms with Crippen LogP contribution in [-0.2, 0) is 0 Å². The van der Waals surface area contributed by atoms with E-state index in [1.165, 1.54) is 6.07 Å². The molecule has 2 nitrogen and oxygen atoms in total. The van der Waals surface area contributed by atoms with Crippen molar-refractivity contribution in [2.45, 2.75) is 25.8 Å². The molecule has 1 rings (SSSR count). The fourth-order valence-electron chi connectivity index (χ4n) is 1.34. The summed E-state index contributed by atoms with van der Waals surface area (Å²) < 4.78 is 13.1. The number of benzene rings is 1. The van der Waals surface area contributed by atoms with Crippen molar-refractivity contribution in [1.82, 2.24) is 0 Å². The van der Waals surface area contributed by atoms with Crippen molar-refractivity contribution in [2.75, 3.05) is 0 Å². The standard InChI is InChI=1S/C10H13ClFNO/c1-2-3-9(13)7-4-6(11)5-8(12)10(7)14/h4-5,9,14H,2-3,13H2,1H3/t9-/m0/s1. The Balaban J connectivity index is 3.07. The van der Waals surface area contributed by atoms with Gasteiger partial charge < -0.3 is 10.8 Å². The Morgan fingerprint density at radius 3 is 2.79 bits per heavy atom. The first-order valence-corrected chi connectivity index (χ1v) is 4.87. The third-order valence-electron chi connectivity index (χ3n) is 2.06. The van der Waals surface area contributed by atoms with Gasteiger partial charge in [0, 0.05) is 16.6 Å². The zero-order valence-electron chi connectivity index (χ0n) is 7.93. The highest BCUT2D eigenvalue weighted by molar-refractivity contribution is 6.30. The highest BCUT2D eigenvalue weighted by Crippen LogP contribution is 2.31. The second kappa shape index (κ2) is 4.62. The number of phenols is 1. The summed E-state index contributed by atoms with van der Waals surface area (Å²) in [5, 5.41) is 9.66. The first-order valence-electron chi connectivity index (χ1n) is 4.49. The van der Waals surface area contributed by atoms with Crippen molar-refractivity contribution in [3.8, 4) is 5.75 Å². The molecule has 1 atom stereocenters. The van der Waals surface area contributed by atoms with E-state index >= 15 is 0 Å². The summed E-state index contributed by atoms with van der Waals surface area (Å²) in [5.41, 5.74) is 6.13. The second-order valence-electron chi connectivity index (χ2n) is 3.22. The molecule has 0 heterocycles. The zero-order chi connectivity index (χ0) is 10.7. The van der Waals surface area contributed by atoms with Crippen LogP contribution in [0.4, 0.5) is 4.39 Å². The summed E-state index contributed by atoms with van der Waals surface area (Å²) >= 11 is 5.66. The van der Waals surface area contributed by atoms with E-state index in [1.54, 1.807) is 0 Å². The molecule has 4 heteroatoms. The van der Waals surface area contributed by atoms with Gasteiger partial charge in [-0.15, -0.1) is 0 Å². The van der Waals surface area contributed by atoms with Crippen LogP contribution in [0, 0.1) is 5.82 Å². The minimum absolute atomic E-state index is 0.252. The van der Waals surface area contributed by atoms with Crippen LogP contribution >= 0.6 is 11.6 Å². The average molecular weight is 218 g/mol. The quantitative estimate of drug-likeness (QED) is 0.818. The topological polar surface area (TPSA) is 46.2 Å². The molecular weight excluding hydrogens is 205 g/mol. The number of phenolic OH excluding ortho intramolecular Hbond substituents is 1. The fraction of sp³-hybridized carbons (Fsp3) is 0.400. The Bertz CT molecular complexity index is 330. The van der Waals surface area contributed by atoms with Gasteiger partial charge in [-0.25, -0.2) is 4.39 Å². The number of rotatable bonds is 3. The van der Waals surface area contributed by atoms with Crippen LogP contribution in [0.25, 0.3) is 0 Å². The Hall–Kier alpha value is -0.800. The van der Waals surface area contributed by atoms with Crippen LogP contribution in [0.5, 0.6) is 5.75 Å². The Kier molecular flexibility index (Phi) is 3.72. The van der Waals surface area contributed by atoms with Crippen molar-refractivity contribution in [3.63, 3.8) is 0 Å². The van der Waals surface area contributed by atoms with Gasteiger partial charge in [0.2, 0.25) is 0 Å². The maximum absolute atomic E-state index is 13.1. The highest BCUT2D eigenvalue weighted by Gasteiger charge is 2.14. The lowest BCUT2D eigenvalue weighted by Gasteiger charge is -2.13. The molecule has 0 spiro atoms. The maximum atomic E-state index is 13.1. The van der Waals surface area contributed by atoms with Crippen LogP contribution in [-0.4, -0.2) is 5.11 Å². The van der Waals surface area contributed by atoms with E-state index in [1.807, 2.05) is 6.92 Å². The fourth-order valence-corrected chi connectivity index (χ4v) is 1.55. The molecule has 0 amide bonds. The van der Waals surface area contributed by atoms with Gasteiger partial charge in [0.1, 0.15) is 0 Å². The lowest BCUT2D eigenvalue weighted by atomic mass is 10.0. The lowest BCUT2D eigenvalue weighted by molar-refractivity contribution is 0.418. The van der Waals surface area contributed by atoms with Gasteiger partial charge >= 0.3 is 0 Å². The van der Waals surface area contributed by atoms with E-state index < -0.39 is 11.6 Å². The Morgan fingerprint density at radius 2 is 2.21 bits per heavy atom. The molecule has 0 fully saturated rings. The molecule has 0 saturated carbocycles. The van der Waals surface area contributed by atoms with Gasteiger partial charge in [0.25, 0.3) is 0 Å². The van der Waals surface area contributed by atoms with Gasteiger partial charge in [-0.1, -0.05) is 24.9 Å². The molecule has 0 aliphatic rings. The SMILES string of the molecule is CCC[C@H](N)c1cc(Cl)cc(F)c1O. The largest absolute Gasteiger partial charge is 0.505 e. The first-order chi connectivity index (χ1) is 6.56. The molecule has 0 aliphatic carbocycles. The molecular formula is C10H13ClFNO. The van der Waals surface area contributed by atoms with E-state index in [4.69, 9.17) is 17.3 Å². The molecule has 1 aromatic carbocycles. The van der Waals surface area contributed by atoms with Crippen molar-refractivity contribution >= 4 is 11.6 Å². The number of nitrogens with two attached hydrogens (primary N) is 1. The summed E-state index contributed by atoms with van der Waals surface area (Å²) in [7, 11) is 0. The first kappa shape index (κ1) is 11.3. The van der Waals surface area contributed by atoms with Gasteiger partial charge in [-0.05, 0) is 18.6 Å². The number of hydrogen-bond acceptors (Lipinski definition) is 2. The normalized spacial score (nSPS) is 12.9. The minimum atomic E-state index is -0.723. The Morgan fingerprint density at radius 1 is 1.57 bits per heavy atom. The molecule has 0 aliphatic heterocycles. The average Bonchev–Trinajstić information content (AvgIpc) is 2.11. The van der Waals surface area contributed by atoms with Crippen molar-refractivity contribution in [2.24, 2.45) is 5.73 Å². The van der Waals surface area contributed by atoms with Crippen molar-refractivity contribution in [3.05, 3.63) is 28.5 Å². The van der Waals surface area contributed by atoms with E-state index in [0.29, 0.717) is 12.0 Å². The summed E-state index contributed by atoms with van der Waals surface area (Å²) in [4.78, 5) is 0. The van der Waals surface area contributed by atoms with Gasteiger partial charge in [0.05, 0.1) is 0 Å². The maximum Gasteiger partial charge on any atom is 0.166 e. The van der Waals surface area contributed by atoms with Gasteiger partial charge in [-0.3, -0.25) is 0 Å². The smallest absolute Gasteiger partial charge is 0.166 e. The zero-order valence-corrected chi connectivity index (χ0v) is 8.68.